The van der Waals surface area contributed by atoms with E-state index in [0.717, 1.165) is 11.5 Å². The molecule has 1 aromatic heterocycles. The number of amides is 1. The zero-order chi connectivity index (χ0) is 20.1. The molecule has 1 unspecified atom stereocenters. The van der Waals surface area contributed by atoms with Crippen LogP contribution in [0, 0.1) is 18.2 Å². The summed E-state index contributed by atoms with van der Waals surface area (Å²) in [6.45, 7) is -0.181. The standard InChI is InChI=1S/C19H13BrClFN4O2/c1-2-9-28-19(20,26-13-7-8-15(22)14(21)10-13)17(27)25-18-23-11-12-5-3-4-6-16(12)24-18/h1,3-8,10-11,26H,9H2,(H,23,24,25,27). The maximum atomic E-state index is 13.4. The quantitative estimate of drug-likeness (QED) is 0.248. The third kappa shape index (κ3) is 4.57. The Morgan fingerprint density at radius 1 is 1.36 bits per heavy atom. The molecule has 1 atom stereocenters. The van der Waals surface area contributed by atoms with Gasteiger partial charge in [-0.15, -0.1) is 6.42 Å². The van der Waals surface area contributed by atoms with Crippen LogP contribution in [0.2, 0.25) is 5.02 Å². The van der Waals surface area contributed by atoms with Crippen LogP contribution in [0.15, 0.2) is 48.7 Å². The number of nitrogens with one attached hydrogen (secondary N) is 2. The summed E-state index contributed by atoms with van der Waals surface area (Å²) in [7, 11) is 0. The maximum absolute atomic E-state index is 13.4. The fourth-order valence-electron chi connectivity index (χ4n) is 2.27. The number of alkyl halides is 1. The number of halogens is 3. The first-order valence-electron chi connectivity index (χ1n) is 7.94. The van der Waals surface area contributed by atoms with Gasteiger partial charge >= 0.3 is 0 Å². The summed E-state index contributed by atoms with van der Waals surface area (Å²) in [6, 6.07) is 11.2. The molecule has 0 saturated heterocycles. The van der Waals surface area contributed by atoms with E-state index in [0.29, 0.717) is 11.2 Å². The number of hydrogen-bond donors (Lipinski definition) is 2. The minimum atomic E-state index is -1.77. The number of carbonyl (C=O) groups excluding carboxylic acids is 1. The zero-order valence-corrected chi connectivity index (χ0v) is 16.6. The molecule has 142 valence electrons. The van der Waals surface area contributed by atoms with Crippen molar-refractivity contribution in [1.82, 2.24) is 9.97 Å². The molecule has 0 fully saturated rings. The minimum Gasteiger partial charge on any atom is -0.340 e. The second kappa shape index (κ2) is 8.52. The molecule has 1 amide bonds. The molecular formula is C19H13BrClFN4O2. The van der Waals surface area contributed by atoms with Crippen molar-refractivity contribution in [3.8, 4) is 12.3 Å². The largest absolute Gasteiger partial charge is 0.340 e. The van der Waals surface area contributed by atoms with Crippen LogP contribution in [0.3, 0.4) is 0 Å². The number of hydrogen-bond acceptors (Lipinski definition) is 5. The third-order valence-corrected chi connectivity index (χ3v) is 4.66. The summed E-state index contributed by atoms with van der Waals surface area (Å²) < 4.78 is 17.1. The van der Waals surface area contributed by atoms with Crippen molar-refractivity contribution < 1.29 is 13.9 Å². The molecule has 0 spiro atoms. The Hall–Kier alpha value is -2.73. The first-order valence-corrected chi connectivity index (χ1v) is 9.11. The number of ether oxygens (including phenoxy) is 1. The lowest BCUT2D eigenvalue weighted by Gasteiger charge is -2.27. The lowest BCUT2D eigenvalue weighted by atomic mass is 10.2. The van der Waals surface area contributed by atoms with E-state index in [1.165, 1.54) is 12.1 Å². The Labute approximate surface area is 173 Å². The molecule has 28 heavy (non-hydrogen) atoms. The monoisotopic (exact) mass is 462 g/mol. The first kappa shape index (κ1) is 20.0. The van der Waals surface area contributed by atoms with Crippen LogP contribution in [0.4, 0.5) is 16.0 Å². The Morgan fingerprint density at radius 3 is 2.89 bits per heavy atom. The molecule has 0 bridgehead atoms. The molecule has 3 rings (SSSR count). The van der Waals surface area contributed by atoms with Gasteiger partial charge in [0.15, 0.2) is 0 Å². The normalized spacial score (nSPS) is 12.8. The Kier molecular flexibility index (Phi) is 6.09. The summed E-state index contributed by atoms with van der Waals surface area (Å²) in [5.74, 6) is 1.10. The van der Waals surface area contributed by atoms with E-state index in [9.17, 15) is 9.18 Å². The lowest BCUT2D eigenvalue weighted by molar-refractivity contribution is -0.127. The van der Waals surface area contributed by atoms with Crippen molar-refractivity contribution in [3.63, 3.8) is 0 Å². The second-order valence-corrected chi connectivity index (χ2v) is 7.07. The van der Waals surface area contributed by atoms with Crippen molar-refractivity contribution in [1.29, 1.82) is 0 Å². The number of benzene rings is 2. The van der Waals surface area contributed by atoms with Gasteiger partial charge < -0.3 is 10.1 Å². The topological polar surface area (TPSA) is 76.1 Å². The van der Waals surface area contributed by atoms with Gasteiger partial charge in [-0.2, -0.15) is 0 Å². The summed E-state index contributed by atoms with van der Waals surface area (Å²) in [4.78, 5) is 21.2. The smallest absolute Gasteiger partial charge is 0.291 e. The average molecular weight is 464 g/mol. The molecule has 3 aromatic rings. The van der Waals surface area contributed by atoms with Gasteiger partial charge in [0.05, 0.1) is 10.5 Å². The van der Waals surface area contributed by atoms with Gasteiger partial charge in [0.25, 0.3) is 10.5 Å². The van der Waals surface area contributed by atoms with Crippen molar-refractivity contribution >= 4 is 56.0 Å². The average Bonchev–Trinajstić information content (AvgIpc) is 2.69. The lowest BCUT2D eigenvalue weighted by Crippen LogP contribution is -2.47. The van der Waals surface area contributed by atoms with Crippen LogP contribution in [0.25, 0.3) is 10.9 Å². The third-order valence-electron chi connectivity index (χ3n) is 3.59. The molecule has 6 nitrogen and oxygen atoms in total. The molecule has 0 saturated carbocycles. The van der Waals surface area contributed by atoms with Crippen LogP contribution in [-0.4, -0.2) is 27.1 Å². The Morgan fingerprint density at radius 2 is 2.14 bits per heavy atom. The van der Waals surface area contributed by atoms with E-state index in [1.807, 2.05) is 18.2 Å². The van der Waals surface area contributed by atoms with Crippen LogP contribution >= 0.6 is 27.5 Å². The SMILES string of the molecule is C#CCOC(Br)(Nc1ccc(F)c(Cl)c1)C(=O)Nc1ncc2ccccc2n1. The summed E-state index contributed by atoms with van der Waals surface area (Å²) >= 11 is 8.99. The predicted octanol–water partition coefficient (Wildman–Crippen LogP) is 4.17. The van der Waals surface area contributed by atoms with E-state index in [1.54, 1.807) is 12.3 Å². The summed E-state index contributed by atoms with van der Waals surface area (Å²) in [6.07, 6.45) is 6.82. The number of para-hydroxylation sites is 1. The van der Waals surface area contributed by atoms with Crippen molar-refractivity contribution in [2.45, 2.75) is 4.63 Å². The van der Waals surface area contributed by atoms with Gasteiger partial charge in [0, 0.05) is 17.3 Å². The van der Waals surface area contributed by atoms with E-state index in [4.69, 9.17) is 22.8 Å². The van der Waals surface area contributed by atoms with Crippen LogP contribution in [-0.2, 0) is 9.53 Å². The van der Waals surface area contributed by atoms with Gasteiger partial charge in [-0.25, -0.2) is 14.4 Å². The first-order chi connectivity index (χ1) is 13.4. The van der Waals surface area contributed by atoms with Gasteiger partial charge in [0.2, 0.25) is 5.95 Å². The minimum absolute atomic E-state index is 0.0794. The van der Waals surface area contributed by atoms with E-state index in [-0.39, 0.29) is 17.6 Å². The molecule has 1 heterocycles. The zero-order valence-electron chi connectivity index (χ0n) is 14.2. The highest BCUT2D eigenvalue weighted by Crippen LogP contribution is 2.27. The highest BCUT2D eigenvalue weighted by molar-refractivity contribution is 9.10. The fourth-order valence-corrected chi connectivity index (χ4v) is 2.90. The number of rotatable bonds is 6. The highest BCUT2D eigenvalue weighted by atomic mass is 79.9. The Balaban J connectivity index is 1.85. The van der Waals surface area contributed by atoms with E-state index in [2.05, 4.69) is 42.5 Å². The maximum Gasteiger partial charge on any atom is 0.291 e. The number of aromatic nitrogens is 2. The number of nitrogens with zero attached hydrogens (tertiary/aromatic N) is 2. The van der Waals surface area contributed by atoms with E-state index >= 15 is 0 Å². The second-order valence-electron chi connectivity index (χ2n) is 5.55. The number of carbonyl (C=O) groups is 1. The molecule has 0 aliphatic carbocycles. The van der Waals surface area contributed by atoms with E-state index < -0.39 is 16.4 Å². The van der Waals surface area contributed by atoms with Gasteiger partial charge in [-0.3, -0.25) is 10.1 Å². The highest BCUT2D eigenvalue weighted by Gasteiger charge is 2.37. The molecule has 2 aromatic carbocycles. The van der Waals surface area contributed by atoms with Crippen molar-refractivity contribution in [3.05, 3.63) is 59.5 Å². The Bertz CT molecular complexity index is 1080. The van der Waals surface area contributed by atoms with Gasteiger partial charge in [0.1, 0.15) is 12.4 Å². The molecule has 0 aliphatic rings. The molecular weight excluding hydrogens is 451 g/mol. The fraction of sp³-hybridized carbons (Fsp3) is 0.105. The molecule has 9 heteroatoms. The van der Waals surface area contributed by atoms with Crippen molar-refractivity contribution in [2.75, 3.05) is 17.2 Å². The van der Waals surface area contributed by atoms with Gasteiger partial charge in [-0.05, 0) is 40.2 Å². The molecule has 0 aliphatic heterocycles. The van der Waals surface area contributed by atoms with Crippen molar-refractivity contribution in [2.24, 2.45) is 0 Å². The number of anilines is 2. The molecule has 2 N–H and O–H groups in total. The predicted molar refractivity (Wildman–Crippen MR) is 110 cm³/mol. The number of fused-ring (bicyclic) bond motifs is 1. The van der Waals surface area contributed by atoms with Crippen LogP contribution in [0.1, 0.15) is 0 Å². The summed E-state index contributed by atoms with van der Waals surface area (Å²) in [5, 5.41) is 6.07. The van der Waals surface area contributed by atoms with Crippen LogP contribution < -0.4 is 10.6 Å². The van der Waals surface area contributed by atoms with Gasteiger partial charge in [-0.1, -0.05) is 35.7 Å². The number of terminal acetylenes is 1. The molecule has 0 radical (unpaired) electrons. The van der Waals surface area contributed by atoms with Crippen LogP contribution in [0.5, 0.6) is 0 Å². The summed E-state index contributed by atoms with van der Waals surface area (Å²) in [5.41, 5.74) is 0.991.